The summed E-state index contributed by atoms with van der Waals surface area (Å²) in [5.41, 5.74) is -3.99. The van der Waals surface area contributed by atoms with E-state index < -0.39 is 40.2 Å². The predicted octanol–water partition coefficient (Wildman–Crippen LogP) is 3.39. The van der Waals surface area contributed by atoms with Crippen LogP contribution in [0.15, 0.2) is 60.7 Å². The minimum Gasteiger partial charge on any atom is -0.374 e. The summed E-state index contributed by atoms with van der Waals surface area (Å²) in [7, 11) is -4.74. The van der Waals surface area contributed by atoms with Gasteiger partial charge in [-0.05, 0) is 11.1 Å². The summed E-state index contributed by atoms with van der Waals surface area (Å²) in [6, 6.07) is 18.1. The Balaban J connectivity index is 1.75. The van der Waals surface area contributed by atoms with Crippen molar-refractivity contribution >= 4 is 10.1 Å². The van der Waals surface area contributed by atoms with Gasteiger partial charge in [-0.15, -0.1) is 0 Å². The van der Waals surface area contributed by atoms with Crippen LogP contribution < -0.4 is 0 Å². The molecule has 1 saturated heterocycles. The van der Waals surface area contributed by atoms with E-state index >= 15 is 0 Å². The molecule has 2 aromatic carbocycles. The second-order valence-corrected chi connectivity index (χ2v) is 8.56. The van der Waals surface area contributed by atoms with Gasteiger partial charge in [0.05, 0.1) is 19.8 Å². The Morgan fingerprint density at radius 2 is 1.47 bits per heavy atom. The van der Waals surface area contributed by atoms with E-state index in [9.17, 15) is 21.6 Å². The Morgan fingerprint density at radius 3 is 2.00 bits per heavy atom. The highest BCUT2D eigenvalue weighted by Crippen LogP contribution is 2.34. The number of alkyl halides is 3. The highest BCUT2D eigenvalue weighted by molar-refractivity contribution is 7.87. The van der Waals surface area contributed by atoms with E-state index in [1.807, 2.05) is 30.3 Å². The summed E-state index contributed by atoms with van der Waals surface area (Å²) in [5, 5.41) is 0. The average Bonchev–Trinajstić information content (AvgIpc) is 3.08. The van der Waals surface area contributed by atoms with Crippen LogP contribution in [0.5, 0.6) is 0 Å². The quantitative estimate of drug-likeness (QED) is 0.384. The van der Waals surface area contributed by atoms with Crippen molar-refractivity contribution in [2.45, 2.75) is 43.3 Å². The molecule has 176 valence electrons. The Labute approximate surface area is 184 Å². The maximum absolute atomic E-state index is 12.9. The van der Waals surface area contributed by atoms with Crippen molar-refractivity contribution in [1.82, 2.24) is 0 Å². The van der Waals surface area contributed by atoms with Gasteiger partial charge in [0.25, 0.3) is 0 Å². The summed E-state index contributed by atoms with van der Waals surface area (Å²) in [6.07, 6.45) is -5.22. The molecule has 7 nitrogen and oxygen atoms in total. The maximum atomic E-state index is 12.9. The molecule has 0 aromatic heterocycles. The van der Waals surface area contributed by atoms with Gasteiger partial charge in [-0.2, -0.15) is 21.6 Å². The van der Waals surface area contributed by atoms with Crippen molar-refractivity contribution < 1.29 is 44.7 Å². The molecule has 1 aliphatic heterocycles. The second kappa shape index (κ2) is 10.7. The highest BCUT2D eigenvalue weighted by Gasteiger charge is 2.55. The van der Waals surface area contributed by atoms with Crippen LogP contribution in [0.2, 0.25) is 0 Å². The van der Waals surface area contributed by atoms with Crippen molar-refractivity contribution in [3.8, 4) is 0 Å². The van der Waals surface area contributed by atoms with E-state index in [0.29, 0.717) is 0 Å². The molecule has 1 unspecified atom stereocenters. The lowest BCUT2D eigenvalue weighted by molar-refractivity contribution is -0.154. The summed E-state index contributed by atoms with van der Waals surface area (Å²) in [6.45, 7) is 0.128. The third-order valence-electron chi connectivity index (χ3n) is 4.70. The van der Waals surface area contributed by atoms with Gasteiger partial charge >= 0.3 is 15.6 Å². The molecule has 3 rings (SSSR count). The Bertz CT molecular complexity index is 939. The average molecular weight is 476 g/mol. The van der Waals surface area contributed by atoms with Gasteiger partial charge in [-0.1, -0.05) is 60.7 Å². The van der Waals surface area contributed by atoms with E-state index in [1.54, 1.807) is 30.3 Å². The minimum absolute atomic E-state index is 0.00753. The Hall–Kier alpha value is -2.02. The zero-order valence-corrected chi connectivity index (χ0v) is 17.9. The number of benzene rings is 2. The van der Waals surface area contributed by atoms with Crippen LogP contribution in [0, 0.1) is 0 Å². The van der Waals surface area contributed by atoms with Crippen LogP contribution in [0.25, 0.3) is 0 Å². The van der Waals surface area contributed by atoms with Crippen LogP contribution in [-0.4, -0.2) is 52.2 Å². The van der Waals surface area contributed by atoms with E-state index in [4.69, 9.17) is 18.9 Å². The number of halogens is 3. The van der Waals surface area contributed by atoms with E-state index in [1.165, 1.54) is 7.11 Å². The normalized spacial score (nSPS) is 24.0. The zero-order chi connectivity index (χ0) is 23.2. The van der Waals surface area contributed by atoms with E-state index in [-0.39, 0.29) is 19.8 Å². The molecule has 4 atom stereocenters. The first-order valence-corrected chi connectivity index (χ1v) is 11.1. The SMILES string of the molecule is COC1O[C@@H](COCc2ccccc2)[C@H](OCc2ccccc2)[C@H]1OS(=O)(=O)C(F)(F)F. The molecule has 0 saturated carbocycles. The summed E-state index contributed by atoms with van der Waals surface area (Å²) >= 11 is 0. The molecule has 1 aliphatic rings. The predicted molar refractivity (Wildman–Crippen MR) is 107 cm³/mol. The van der Waals surface area contributed by atoms with Crippen LogP contribution >= 0.6 is 0 Å². The third-order valence-corrected chi connectivity index (χ3v) is 5.74. The summed E-state index contributed by atoms with van der Waals surface area (Å²) < 4.78 is 88.6. The fourth-order valence-electron chi connectivity index (χ4n) is 3.15. The second-order valence-electron chi connectivity index (χ2n) is 7.00. The molecule has 0 amide bonds. The molecule has 0 bridgehead atoms. The van der Waals surface area contributed by atoms with Gasteiger partial charge in [0.1, 0.15) is 12.2 Å². The standard InChI is InChI=1S/C21H23F3O7S/c1-27-20-19(31-32(25,26)21(22,23)24)18(29-13-16-10-6-3-7-11-16)17(30-20)14-28-12-15-8-4-2-5-9-15/h2-11,17-20H,12-14H2,1H3/t17-,18-,19+,20?/m0/s1. The molecule has 32 heavy (non-hydrogen) atoms. The molecule has 11 heteroatoms. The zero-order valence-electron chi connectivity index (χ0n) is 17.1. The van der Waals surface area contributed by atoms with Gasteiger partial charge in [0.2, 0.25) is 0 Å². The van der Waals surface area contributed by atoms with Crippen LogP contribution in [0.1, 0.15) is 11.1 Å². The fourth-order valence-corrected chi connectivity index (χ4v) is 3.76. The Kier molecular flexibility index (Phi) is 8.26. The number of ether oxygens (including phenoxy) is 4. The van der Waals surface area contributed by atoms with E-state index in [2.05, 4.69) is 4.18 Å². The minimum atomic E-state index is -5.91. The van der Waals surface area contributed by atoms with Crippen molar-refractivity contribution in [3.63, 3.8) is 0 Å². The van der Waals surface area contributed by atoms with Crippen molar-refractivity contribution in [3.05, 3.63) is 71.8 Å². The molecule has 2 aromatic rings. The lowest BCUT2D eigenvalue weighted by atomic mass is 10.1. The molecular weight excluding hydrogens is 453 g/mol. The van der Waals surface area contributed by atoms with Crippen molar-refractivity contribution in [2.75, 3.05) is 13.7 Å². The molecule has 0 aliphatic carbocycles. The fraction of sp³-hybridized carbons (Fsp3) is 0.429. The van der Waals surface area contributed by atoms with Crippen LogP contribution in [0.4, 0.5) is 13.2 Å². The smallest absolute Gasteiger partial charge is 0.374 e. The molecule has 0 N–H and O–H groups in total. The van der Waals surface area contributed by atoms with Gasteiger partial charge in [-0.25, -0.2) is 0 Å². The number of hydrogen-bond donors (Lipinski definition) is 0. The Morgan fingerprint density at radius 1 is 0.906 bits per heavy atom. The maximum Gasteiger partial charge on any atom is 0.523 e. The van der Waals surface area contributed by atoms with Gasteiger partial charge in [-0.3, -0.25) is 4.18 Å². The number of methoxy groups -OCH3 is 1. The number of rotatable bonds is 10. The largest absolute Gasteiger partial charge is 0.523 e. The van der Waals surface area contributed by atoms with Crippen molar-refractivity contribution in [2.24, 2.45) is 0 Å². The van der Waals surface area contributed by atoms with Gasteiger partial charge in [0.15, 0.2) is 12.4 Å². The summed E-state index contributed by atoms with van der Waals surface area (Å²) in [5.74, 6) is 0. The van der Waals surface area contributed by atoms with E-state index in [0.717, 1.165) is 11.1 Å². The molecule has 0 radical (unpaired) electrons. The van der Waals surface area contributed by atoms with Crippen LogP contribution in [-0.2, 0) is 46.5 Å². The van der Waals surface area contributed by atoms with Crippen LogP contribution in [0.3, 0.4) is 0 Å². The monoisotopic (exact) mass is 476 g/mol. The molecule has 1 fully saturated rings. The summed E-state index contributed by atoms with van der Waals surface area (Å²) in [4.78, 5) is 0. The topological polar surface area (TPSA) is 80.3 Å². The highest BCUT2D eigenvalue weighted by atomic mass is 32.2. The third kappa shape index (κ3) is 6.27. The van der Waals surface area contributed by atoms with Gasteiger partial charge in [0, 0.05) is 7.11 Å². The van der Waals surface area contributed by atoms with Gasteiger partial charge < -0.3 is 18.9 Å². The first-order valence-electron chi connectivity index (χ1n) is 9.66. The number of hydrogen-bond acceptors (Lipinski definition) is 7. The lowest BCUT2D eigenvalue weighted by Crippen LogP contribution is -2.43. The first-order chi connectivity index (χ1) is 15.2. The first kappa shape index (κ1) is 24.6. The van der Waals surface area contributed by atoms with Crippen molar-refractivity contribution in [1.29, 1.82) is 0 Å². The lowest BCUT2D eigenvalue weighted by Gasteiger charge is -2.24. The molecule has 0 spiro atoms. The molecular formula is C21H23F3O7S. The molecule has 1 heterocycles.